The van der Waals surface area contributed by atoms with Crippen LogP contribution < -0.4 is 0 Å². The second kappa shape index (κ2) is 4.32. The van der Waals surface area contributed by atoms with Crippen LogP contribution >= 0.6 is 0 Å². The molecule has 1 atom stereocenters. The molecule has 0 aliphatic carbocycles. The first kappa shape index (κ1) is 8.43. The largest absolute Gasteiger partial charge is 0.479 e. The van der Waals surface area contributed by atoms with Crippen molar-refractivity contribution in [1.29, 1.82) is 0 Å². The number of rotatable bonds is 4. The number of aliphatic carboxylic acids is 1. The van der Waals surface area contributed by atoms with E-state index in [1.165, 1.54) is 13.5 Å². The summed E-state index contributed by atoms with van der Waals surface area (Å²) in [4.78, 5) is 10.1. The lowest BCUT2D eigenvalue weighted by Crippen LogP contribution is -2.18. The van der Waals surface area contributed by atoms with Crippen molar-refractivity contribution in [3.63, 3.8) is 0 Å². The third-order valence-corrected chi connectivity index (χ3v) is 0.815. The van der Waals surface area contributed by atoms with Crippen LogP contribution in [0.4, 0.5) is 0 Å². The highest BCUT2D eigenvalue weighted by atomic mass is 16.5. The molecule has 1 N–H and O–H groups in total. The lowest BCUT2D eigenvalue weighted by atomic mass is 10.4. The quantitative estimate of drug-likeness (QED) is 0.620. The van der Waals surface area contributed by atoms with Gasteiger partial charge in [0.05, 0.1) is 6.61 Å². The van der Waals surface area contributed by atoms with Crippen LogP contribution in [0, 0.1) is 6.61 Å². The molecule has 0 heterocycles. The summed E-state index contributed by atoms with van der Waals surface area (Å²) in [5.74, 6) is -0.931. The Bertz CT molecular complexity index is 90.3. The smallest absolute Gasteiger partial charge is 0.332 e. The lowest BCUT2D eigenvalue weighted by Gasteiger charge is -2.04. The number of hydrogen-bond acceptors (Lipinski definition) is 2. The van der Waals surface area contributed by atoms with Crippen LogP contribution in [0.5, 0.6) is 0 Å². The zero-order valence-corrected chi connectivity index (χ0v) is 5.63. The zero-order chi connectivity index (χ0) is 7.28. The molecule has 0 saturated carbocycles. The first-order chi connectivity index (χ1) is 4.18. The van der Waals surface area contributed by atoms with Crippen LogP contribution in [0.3, 0.4) is 0 Å². The molecule has 0 spiro atoms. The Morgan fingerprint density at radius 1 is 1.89 bits per heavy atom. The van der Waals surface area contributed by atoms with Gasteiger partial charge in [-0.25, -0.2) is 4.79 Å². The van der Waals surface area contributed by atoms with Crippen LogP contribution in [0.2, 0.25) is 0 Å². The molecular formula is C6H11O3. The molecule has 0 aliphatic rings. The number of carboxylic acid groups (broad SMARTS) is 1. The van der Waals surface area contributed by atoms with E-state index in [1.54, 1.807) is 0 Å². The molecule has 0 fully saturated rings. The third-order valence-electron chi connectivity index (χ3n) is 0.815. The van der Waals surface area contributed by atoms with E-state index in [1.807, 2.05) is 6.92 Å². The monoisotopic (exact) mass is 131 g/mol. The zero-order valence-electron chi connectivity index (χ0n) is 5.63. The van der Waals surface area contributed by atoms with Crippen molar-refractivity contribution in [2.45, 2.75) is 26.4 Å². The summed E-state index contributed by atoms with van der Waals surface area (Å²) in [5.41, 5.74) is 0. The van der Waals surface area contributed by atoms with Gasteiger partial charge in [-0.15, -0.1) is 0 Å². The fourth-order valence-electron chi connectivity index (χ4n) is 0.299. The van der Waals surface area contributed by atoms with Crippen molar-refractivity contribution < 1.29 is 14.6 Å². The maximum absolute atomic E-state index is 10.1. The Balaban J connectivity index is 3.27. The fraction of sp³-hybridized carbons (Fsp3) is 0.667. The van der Waals surface area contributed by atoms with Crippen molar-refractivity contribution >= 4 is 5.97 Å². The molecule has 0 rings (SSSR count). The third kappa shape index (κ3) is 3.97. The van der Waals surface area contributed by atoms with Gasteiger partial charge in [-0.1, -0.05) is 6.92 Å². The van der Waals surface area contributed by atoms with Gasteiger partial charge in [0.1, 0.15) is 0 Å². The minimum Gasteiger partial charge on any atom is -0.479 e. The van der Waals surface area contributed by atoms with Crippen LogP contribution in [0.25, 0.3) is 0 Å². The maximum Gasteiger partial charge on any atom is 0.332 e. The van der Waals surface area contributed by atoms with E-state index in [0.29, 0.717) is 0 Å². The highest BCUT2D eigenvalue weighted by molar-refractivity contribution is 5.71. The second-order valence-electron chi connectivity index (χ2n) is 1.69. The average Bonchev–Trinajstić information content (AvgIpc) is 1.82. The molecule has 0 amide bonds. The van der Waals surface area contributed by atoms with Crippen molar-refractivity contribution in [2.75, 3.05) is 0 Å². The Morgan fingerprint density at radius 3 is 2.78 bits per heavy atom. The van der Waals surface area contributed by atoms with Crippen LogP contribution in [-0.2, 0) is 9.53 Å². The molecule has 0 saturated heterocycles. The molecule has 3 nitrogen and oxygen atoms in total. The predicted molar refractivity (Wildman–Crippen MR) is 32.8 cm³/mol. The van der Waals surface area contributed by atoms with Crippen molar-refractivity contribution in [1.82, 2.24) is 0 Å². The van der Waals surface area contributed by atoms with Gasteiger partial charge in [0.25, 0.3) is 0 Å². The summed E-state index contributed by atoms with van der Waals surface area (Å²) < 4.78 is 4.73. The fourth-order valence-corrected chi connectivity index (χ4v) is 0.299. The summed E-state index contributed by atoms with van der Waals surface area (Å²) in [6.07, 6.45) is 0.0161. The van der Waals surface area contributed by atoms with E-state index in [0.717, 1.165) is 6.42 Å². The highest BCUT2D eigenvalue weighted by Gasteiger charge is 2.08. The second-order valence-corrected chi connectivity index (χ2v) is 1.69. The number of carbonyl (C=O) groups is 1. The van der Waals surface area contributed by atoms with Crippen molar-refractivity contribution in [2.24, 2.45) is 0 Å². The van der Waals surface area contributed by atoms with Gasteiger partial charge < -0.3 is 9.84 Å². The van der Waals surface area contributed by atoms with E-state index < -0.39 is 12.1 Å². The Hall–Kier alpha value is -0.570. The molecule has 9 heavy (non-hydrogen) atoms. The van der Waals surface area contributed by atoms with E-state index in [4.69, 9.17) is 9.84 Å². The Kier molecular flexibility index (Phi) is 4.05. The van der Waals surface area contributed by atoms with Gasteiger partial charge in [-0.2, -0.15) is 0 Å². The SMILES string of the molecule is CC[CH]OC(C)C(=O)O. The van der Waals surface area contributed by atoms with Gasteiger partial charge in [0.15, 0.2) is 6.10 Å². The van der Waals surface area contributed by atoms with Crippen LogP contribution in [0.15, 0.2) is 0 Å². The first-order valence-electron chi connectivity index (χ1n) is 2.88. The molecule has 0 aromatic rings. The molecule has 0 aromatic heterocycles. The summed E-state index contributed by atoms with van der Waals surface area (Å²) in [5, 5.41) is 8.26. The molecular weight excluding hydrogens is 120 g/mol. The summed E-state index contributed by atoms with van der Waals surface area (Å²) in [6, 6.07) is 0. The van der Waals surface area contributed by atoms with Gasteiger partial charge in [-0.3, -0.25) is 0 Å². The summed E-state index contributed by atoms with van der Waals surface area (Å²) in [6.45, 7) is 4.86. The lowest BCUT2D eigenvalue weighted by molar-refractivity contribution is -0.147. The molecule has 1 radical (unpaired) electrons. The number of carboxylic acids is 1. The number of hydrogen-bond donors (Lipinski definition) is 1. The summed E-state index contributed by atoms with van der Waals surface area (Å²) >= 11 is 0. The van der Waals surface area contributed by atoms with Gasteiger partial charge in [-0.05, 0) is 13.3 Å². The Morgan fingerprint density at radius 2 is 2.44 bits per heavy atom. The van der Waals surface area contributed by atoms with E-state index in [2.05, 4.69) is 0 Å². The first-order valence-corrected chi connectivity index (χ1v) is 2.88. The molecule has 0 bridgehead atoms. The normalized spacial score (nSPS) is 13.1. The van der Waals surface area contributed by atoms with Gasteiger partial charge >= 0.3 is 5.97 Å². The van der Waals surface area contributed by atoms with E-state index in [9.17, 15) is 4.79 Å². The van der Waals surface area contributed by atoms with Crippen molar-refractivity contribution in [3.8, 4) is 0 Å². The Labute approximate surface area is 54.6 Å². The van der Waals surface area contributed by atoms with E-state index in [-0.39, 0.29) is 0 Å². The topological polar surface area (TPSA) is 46.5 Å². The van der Waals surface area contributed by atoms with Gasteiger partial charge in [0, 0.05) is 0 Å². The van der Waals surface area contributed by atoms with Gasteiger partial charge in [0.2, 0.25) is 0 Å². The molecule has 1 unspecified atom stereocenters. The maximum atomic E-state index is 10.1. The van der Waals surface area contributed by atoms with Crippen LogP contribution in [-0.4, -0.2) is 17.2 Å². The predicted octanol–water partition coefficient (Wildman–Crippen LogP) is 1.05. The summed E-state index contributed by atoms with van der Waals surface area (Å²) in [7, 11) is 0. The molecule has 3 heteroatoms. The molecule has 53 valence electrons. The minimum atomic E-state index is -0.931. The van der Waals surface area contributed by atoms with Crippen LogP contribution in [0.1, 0.15) is 20.3 Å². The van der Waals surface area contributed by atoms with E-state index >= 15 is 0 Å². The molecule has 0 aliphatic heterocycles. The highest BCUT2D eigenvalue weighted by Crippen LogP contribution is 1.95. The number of ether oxygens (including phenoxy) is 1. The van der Waals surface area contributed by atoms with Crippen molar-refractivity contribution in [3.05, 3.63) is 6.61 Å². The average molecular weight is 131 g/mol. The molecule has 0 aromatic carbocycles. The standard InChI is InChI=1S/C6H11O3/c1-3-4-9-5(2)6(7)8/h4-5H,3H2,1-2H3,(H,7,8). The minimum absolute atomic E-state index is 0.718.